The molecule has 0 bridgehead atoms. The minimum atomic E-state index is 1.03. The molecule has 1 aliphatic heterocycles. The zero-order valence-corrected chi connectivity index (χ0v) is 7.31. The largest absolute Gasteiger partial charge is 0.316 e. The molecule has 2 aliphatic rings. The van der Waals surface area contributed by atoms with Crippen LogP contribution in [0.25, 0.3) is 0 Å². The second kappa shape index (κ2) is 3.57. The molecule has 1 heteroatoms. The van der Waals surface area contributed by atoms with Gasteiger partial charge in [0.15, 0.2) is 0 Å². The molecule has 64 valence electrons. The molecular formula is C10H19N. The summed E-state index contributed by atoms with van der Waals surface area (Å²) in [5.74, 6) is 2.12. The topological polar surface area (TPSA) is 12.0 Å². The Balaban J connectivity index is 1.93. The van der Waals surface area contributed by atoms with Crippen molar-refractivity contribution < 1.29 is 0 Å². The van der Waals surface area contributed by atoms with Crippen LogP contribution in [0.1, 0.15) is 38.5 Å². The predicted molar refractivity (Wildman–Crippen MR) is 47.6 cm³/mol. The number of rotatable bonds is 0. The van der Waals surface area contributed by atoms with Crippen LogP contribution in [0.3, 0.4) is 0 Å². The lowest BCUT2D eigenvalue weighted by atomic mass is 9.83. The lowest BCUT2D eigenvalue weighted by molar-refractivity contribution is 0.241. The van der Waals surface area contributed by atoms with E-state index in [1.54, 1.807) is 0 Å². The molecule has 2 rings (SSSR count). The molecule has 1 aliphatic carbocycles. The van der Waals surface area contributed by atoms with Gasteiger partial charge in [-0.3, -0.25) is 0 Å². The first-order chi connectivity index (χ1) is 5.47. The molecular weight excluding hydrogens is 134 g/mol. The van der Waals surface area contributed by atoms with Crippen molar-refractivity contribution in [1.29, 1.82) is 0 Å². The van der Waals surface area contributed by atoms with E-state index in [1.807, 2.05) is 0 Å². The fourth-order valence-electron chi connectivity index (χ4n) is 2.68. The molecule has 0 aromatic heterocycles. The molecule has 0 radical (unpaired) electrons. The molecule has 0 amide bonds. The van der Waals surface area contributed by atoms with E-state index >= 15 is 0 Å². The van der Waals surface area contributed by atoms with Gasteiger partial charge in [0, 0.05) is 0 Å². The summed E-state index contributed by atoms with van der Waals surface area (Å²) in [5, 5.41) is 3.51. The third-order valence-corrected chi connectivity index (χ3v) is 3.41. The maximum Gasteiger partial charge on any atom is -0.00179 e. The average Bonchev–Trinajstić information content (AvgIpc) is 2.28. The third-order valence-electron chi connectivity index (χ3n) is 3.41. The van der Waals surface area contributed by atoms with Crippen LogP contribution in [0.5, 0.6) is 0 Å². The lowest BCUT2D eigenvalue weighted by Crippen LogP contribution is -2.35. The zero-order valence-electron chi connectivity index (χ0n) is 7.31. The number of hydrogen-bond acceptors (Lipinski definition) is 1. The molecule has 1 heterocycles. The second-order valence-electron chi connectivity index (χ2n) is 4.15. The number of hydrogen-bond donors (Lipinski definition) is 1. The van der Waals surface area contributed by atoms with Crippen molar-refractivity contribution in [2.75, 3.05) is 13.1 Å². The van der Waals surface area contributed by atoms with Gasteiger partial charge in [-0.15, -0.1) is 0 Å². The molecule has 11 heavy (non-hydrogen) atoms. The number of fused-ring (bicyclic) bond motifs is 1. The highest BCUT2D eigenvalue weighted by Gasteiger charge is 2.25. The van der Waals surface area contributed by atoms with Crippen molar-refractivity contribution in [3.05, 3.63) is 0 Å². The molecule has 1 N–H and O–H groups in total. The molecule has 1 nitrogen and oxygen atoms in total. The Morgan fingerprint density at radius 1 is 0.818 bits per heavy atom. The SMILES string of the molecule is C1CC[C@H]2CCNC[C@@H]2CC1. The van der Waals surface area contributed by atoms with E-state index < -0.39 is 0 Å². The lowest BCUT2D eigenvalue weighted by Gasteiger charge is -2.30. The molecule has 2 atom stereocenters. The maximum absolute atomic E-state index is 3.51. The Labute approximate surface area is 69.6 Å². The van der Waals surface area contributed by atoms with E-state index in [0.29, 0.717) is 0 Å². The molecule has 2 fully saturated rings. The second-order valence-corrected chi connectivity index (χ2v) is 4.15. The van der Waals surface area contributed by atoms with Crippen molar-refractivity contribution >= 4 is 0 Å². The Bertz CT molecular complexity index is 108. The fourth-order valence-corrected chi connectivity index (χ4v) is 2.68. The molecule has 0 unspecified atom stereocenters. The standard InChI is InChI=1S/C10H19N/c1-2-4-9-6-7-11-8-10(9)5-3-1/h9-11H,1-8H2/t9-,10-/m0/s1. The Kier molecular flexibility index (Phi) is 2.47. The van der Waals surface area contributed by atoms with Gasteiger partial charge in [0.2, 0.25) is 0 Å². The first kappa shape index (κ1) is 7.60. The van der Waals surface area contributed by atoms with E-state index in [4.69, 9.17) is 0 Å². The van der Waals surface area contributed by atoms with Crippen molar-refractivity contribution in [3.8, 4) is 0 Å². The molecule has 1 saturated heterocycles. The molecule has 1 saturated carbocycles. The van der Waals surface area contributed by atoms with Crippen LogP contribution in [-0.4, -0.2) is 13.1 Å². The average molecular weight is 153 g/mol. The van der Waals surface area contributed by atoms with Gasteiger partial charge in [0.25, 0.3) is 0 Å². The smallest absolute Gasteiger partial charge is 0.00179 e. The van der Waals surface area contributed by atoms with Crippen LogP contribution in [0, 0.1) is 11.8 Å². The van der Waals surface area contributed by atoms with Gasteiger partial charge in [-0.25, -0.2) is 0 Å². The Morgan fingerprint density at radius 3 is 2.55 bits per heavy atom. The highest BCUT2D eigenvalue weighted by molar-refractivity contribution is 4.79. The minimum Gasteiger partial charge on any atom is -0.316 e. The first-order valence-electron chi connectivity index (χ1n) is 5.17. The van der Waals surface area contributed by atoms with Gasteiger partial charge in [-0.05, 0) is 37.8 Å². The van der Waals surface area contributed by atoms with Crippen LogP contribution in [0.15, 0.2) is 0 Å². The maximum atomic E-state index is 3.51. The summed E-state index contributed by atoms with van der Waals surface area (Å²) in [6.45, 7) is 2.59. The van der Waals surface area contributed by atoms with Crippen LogP contribution >= 0.6 is 0 Å². The summed E-state index contributed by atoms with van der Waals surface area (Å²) >= 11 is 0. The predicted octanol–water partition coefficient (Wildman–Crippen LogP) is 2.18. The Hall–Kier alpha value is -0.0400. The van der Waals surface area contributed by atoms with Crippen molar-refractivity contribution in [2.45, 2.75) is 38.5 Å². The zero-order chi connectivity index (χ0) is 7.52. The summed E-state index contributed by atoms with van der Waals surface area (Å²) in [5.41, 5.74) is 0. The minimum absolute atomic E-state index is 1.03. The van der Waals surface area contributed by atoms with Gasteiger partial charge in [0.1, 0.15) is 0 Å². The van der Waals surface area contributed by atoms with Crippen LogP contribution < -0.4 is 5.32 Å². The van der Waals surface area contributed by atoms with E-state index in [0.717, 1.165) is 11.8 Å². The van der Waals surface area contributed by atoms with Crippen molar-refractivity contribution in [3.63, 3.8) is 0 Å². The summed E-state index contributed by atoms with van der Waals surface area (Å²) in [6.07, 6.45) is 8.95. The highest BCUT2D eigenvalue weighted by atomic mass is 14.9. The highest BCUT2D eigenvalue weighted by Crippen LogP contribution is 2.32. The van der Waals surface area contributed by atoms with Crippen molar-refractivity contribution in [2.24, 2.45) is 11.8 Å². The van der Waals surface area contributed by atoms with E-state index in [9.17, 15) is 0 Å². The van der Waals surface area contributed by atoms with E-state index in [2.05, 4.69) is 5.32 Å². The Morgan fingerprint density at radius 2 is 1.64 bits per heavy atom. The fraction of sp³-hybridized carbons (Fsp3) is 1.00. The summed E-state index contributed by atoms with van der Waals surface area (Å²) in [4.78, 5) is 0. The molecule has 0 aromatic rings. The summed E-state index contributed by atoms with van der Waals surface area (Å²) < 4.78 is 0. The summed E-state index contributed by atoms with van der Waals surface area (Å²) in [6, 6.07) is 0. The van der Waals surface area contributed by atoms with Gasteiger partial charge in [-0.2, -0.15) is 0 Å². The van der Waals surface area contributed by atoms with E-state index in [-0.39, 0.29) is 0 Å². The van der Waals surface area contributed by atoms with E-state index in [1.165, 1.54) is 51.6 Å². The van der Waals surface area contributed by atoms with Gasteiger partial charge >= 0.3 is 0 Å². The number of piperidine rings is 1. The monoisotopic (exact) mass is 153 g/mol. The van der Waals surface area contributed by atoms with Gasteiger partial charge in [-0.1, -0.05) is 25.7 Å². The van der Waals surface area contributed by atoms with Gasteiger partial charge in [0.05, 0.1) is 0 Å². The molecule has 0 spiro atoms. The summed E-state index contributed by atoms with van der Waals surface area (Å²) in [7, 11) is 0. The van der Waals surface area contributed by atoms with Gasteiger partial charge < -0.3 is 5.32 Å². The van der Waals surface area contributed by atoms with Crippen molar-refractivity contribution in [1.82, 2.24) is 5.32 Å². The normalized spacial score (nSPS) is 39.3. The van der Waals surface area contributed by atoms with Crippen LogP contribution in [0.2, 0.25) is 0 Å². The quantitative estimate of drug-likeness (QED) is 0.562. The van der Waals surface area contributed by atoms with Crippen LogP contribution in [-0.2, 0) is 0 Å². The van der Waals surface area contributed by atoms with Crippen LogP contribution in [0.4, 0.5) is 0 Å². The molecule has 0 aromatic carbocycles. The first-order valence-corrected chi connectivity index (χ1v) is 5.17. The third kappa shape index (κ3) is 1.76. The number of nitrogens with one attached hydrogen (secondary N) is 1.